The van der Waals surface area contributed by atoms with Crippen molar-refractivity contribution < 1.29 is 9.59 Å². The lowest BCUT2D eigenvalue weighted by Crippen LogP contribution is -1.96. The molecule has 0 radical (unpaired) electrons. The number of hydrogen-bond donors (Lipinski definition) is 0. The van der Waals surface area contributed by atoms with Crippen LogP contribution in [0.5, 0.6) is 0 Å². The first-order valence-corrected chi connectivity index (χ1v) is 8.51. The fourth-order valence-electron chi connectivity index (χ4n) is 1.93. The lowest BCUT2D eigenvalue weighted by Gasteiger charge is -2.04. The quantitative estimate of drug-likeness (QED) is 0.825. The summed E-state index contributed by atoms with van der Waals surface area (Å²) in [5, 5.41) is 2.17. The lowest BCUT2D eigenvalue weighted by molar-refractivity contribution is 0.108. The molecule has 0 aliphatic heterocycles. The molecular formula is C16H16O2S2. The number of carbonyl (C=O) groups excluding carboxylic acids is 2. The van der Waals surface area contributed by atoms with Crippen molar-refractivity contribution in [2.24, 2.45) is 0 Å². The van der Waals surface area contributed by atoms with E-state index in [-0.39, 0.29) is 10.2 Å². The van der Waals surface area contributed by atoms with E-state index >= 15 is 0 Å². The van der Waals surface area contributed by atoms with Gasteiger partial charge in [0, 0.05) is 11.1 Å². The zero-order valence-corrected chi connectivity index (χ0v) is 13.1. The number of fused-ring (bicyclic) bond motifs is 1. The Morgan fingerprint density at radius 1 is 0.800 bits per heavy atom. The molecule has 0 bridgehead atoms. The molecule has 2 rings (SSSR count). The smallest absolute Gasteiger partial charge is 0.219 e. The molecule has 0 fully saturated rings. The topological polar surface area (TPSA) is 34.1 Å². The van der Waals surface area contributed by atoms with Crippen LogP contribution in [0.3, 0.4) is 0 Å². The van der Waals surface area contributed by atoms with Crippen molar-refractivity contribution in [3.8, 4) is 0 Å². The number of thioether (sulfide) groups is 2. The van der Waals surface area contributed by atoms with Gasteiger partial charge in [0.1, 0.15) is 0 Å². The maximum atomic E-state index is 11.9. The molecule has 0 heterocycles. The molecule has 0 N–H and O–H groups in total. The van der Waals surface area contributed by atoms with E-state index in [1.165, 1.54) is 23.5 Å². The summed E-state index contributed by atoms with van der Waals surface area (Å²) in [4.78, 5) is 23.7. The summed E-state index contributed by atoms with van der Waals surface area (Å²) in [5.74, 6) is 1.55. The van der Waals surface area contributed by atoms with E-state index in [1.54, 1.807) is 0 Å². The highest BCUT2D eigenvalue weighted by molar-refractivity contribution is 8.14. The largest absolute Gasteiger partial charge is 0.282 e. The number of carbonyl (C=O) groups is 2. The molecule has 0 saturated carbocycles. The van der Waals surface area contributed by atoms with Crippen LogP contribution in [0.1, 0.15) is 34.6 Å². The molecule has 20 heavy (non-hydrogen) atoms. The van der Waals surface area contributed by atoms with Crippen LogP contribution in [0.15, 0.2) is 36.4 Å². The average molecular weight is 304 g/mol. The van der Waals surface area contributed by atoms with Gasteiger partial charge in [-0.25, -0.2) is 0 Å². The second-order valence-corrected chi connectivity index (χ2v) is 6.69. The third-order valence-corrected chi connectivity index (χ3v) is 4.44. The van der Waals surface area contributed by atoms with Gasteiger partial charge < -0.3 is 0 Å². The lowest BCUT2D eigenvalue weighted by atomic mass is 10.1. The SMILES string of the molecule is CCSC(=O)c1ccc2cc(C(=O)SCC)ccc2c1. The summed E-state index contributed by atoms with van der Waals surface area (Å²) in [7, 11) is 0. The number of rotatable bonds is 4. The van der Waals surface area contributed by atoms with Crippen molar-refractivity contribution >= 4 is 44.5 Å². The van der Waals surface area contributed by atoms with E-state index in [0.29, 0.717) is 11.1 Å². The van der Waals surface area contributed by atoms with Gasteiger partial charge in [-0.05, 0) is 46.5 Å². The van der Waals surface area contributed by atoms with E-state index in [4.69, 9.17) is 0 Å². The third-order valence-electron chi connectivity index (χ3n) is 2.86. The standard InChI is InChI=1S/C16H16O2S2/c1-3-19-15(17)13-7-5-12-10-14(16(18)20-4-2)8-6-11(12)9-13/h5-10H,3-4H2,1-2H3. The van der Waals surface area contributed by atoms with Crippen LogP contribution in [-0.2, 0) is 0 Å². The van der Waals surface area contributed by atoms with Crippen molar-refractivity contribution in [3.05, 3.63) is 47.5 Å². The third kappa shape index (κ3) is 3.44. The predicted molar refractivity (Wildman–Crippen MR) is 88.9 cm³/mol. The van der Waals surface area contributed by atoms with Crippen molar-refractivity contribution in [1.82, 2.24) is 0 Å². The maximum Gasteiger partial charge on any atom is 0.219 e. The fourth-order valence-corrected chi connectivity index (χ4v) is 3.04. The fraction of sp³-hybridized carbons (Fsp3) is 0.250. The van der Waals surface area contributed by atoms with Crippen LogP contribution in [0.4, 0.5) is 0 Å². The molecule has 0 atom stereocenters. The zero-order chi connectivity index (χ0) is 14.5. The van der Waals surface area contributed by atoms with Gasteiger partial charge in [0.2, 0.25) is 10.2 Å². The Morgan fingerprint density at radius 3 is 1.55 bits per heavy atom. The highest BCUT2D eigenvalue weighted by atomic mass is 32.2. The van der Waals surface area contributed by atoms with Gasteiger partial charge in [0.15, 0.2) is 0 Å². The molecule has 0 aliphatic carbocycles. The number of hydrogen-bond acceptors (Lipinski definition) is 4. The van der Waals surface area contributed by atoms with Crippen molar-refractivity contribution in [1.29, 1.82) is 0 Å². The zero-order valence-electron chi connectivity index (χ0n) is 11.5. The van der Waals surface area contributed by atoms with Gasteiger partial charge >= 0.3 is 0 Å². The van der Waals surface area contributed by atoms with E-state index in [1.807, 2.05) is 50.2 Å². The summed E-state index contributed by atoms with van der Waals surface area (Å²) >= 11 is 2.62. The van der Waals surface area contributed by atoms with Gasteiger partial charge in [0.25, 0.3) is 0 Å². The van der Waals surface area contributed by atoms with Crippen molar-refractivity contribution in [3.63, 3.8) is 0 Å². The second kappa shape index (κ2) is 6.95. The molecule has 2 nitrogen and oxygen atoms in total. The summed E-state index contributed by atoms with van der Waals surface area (Å²) in [6, 6.07) is 11.3. The van der Waals surface area contributed by atoms with E-state index < -0.39 is 0 Å². The summed E-state index contributed by atoms with van der Waals surface area (Å²) < 4.78 is 0. The monoisotopic (exact) mass is 304 g/mol. The Kier molecular flexibility index (Phi) is 5.26. The minimum absolute atomic E-state index is 0.0936. The molecule has 4 heteroatoms. The maximum absolute atomic E-state index is 11.9. The molecule has 0 aromatic heterocycles. The summed E-state index contributed by atoms with van der Waals surface area (Å²) in [6.45, 7) is 3.93. The Morgan fingerprint density at radius 2 is 1.20 bits per heavy atom. The van der Waals surface area contributed by atoms with E-state index in [9.17, 15) is 9.59 Å². The van der Waals surface area contributed by atoms with E-state index in [0.717, 1.165) is 22.3 Å². The molecule has 0 saturated heterocycles. The first-order valence-electron chi connectivity index (χ1n) is 6.53. The second-order valence-electron chi connectivity index (χ2n) is 4.22. The van der Waals surface area contributed by atoms with Gasteiger partial charge in [-0.1, -0.05) is 49.5 Å². The molecule has 0 aliphatic rings. The van der Waals surface area contributed by atoms with Crippen LogP contribution in [0, 0.1) is 0 Å². The average Bonchev–Trinajstić information content (AvgIpc) is 2.46. The Labute approximate surface area is 127 Å². The minimum Gasteiger partial charge on any atom is -0.282 e. The van der Waals surface area contributed by atoms with Crippen molar-refractivity contribution in [2.45, 2.75) is 13.8 Å². The van der Waals surface area contributed by atoms with Crippen molar-refractivity contribution in [2.75, 3.05) is 11.5 Å². The molecule has 0 amide bonds. The molecule has 2 aromatic carbocycles. The molecular weight excluding hydrogens is 288 g/mol. The predicted octanol–water partition coefficient (Wildman–Crippen LogP) is 4.63. The van der Waals surface area contributed by atoms with Crippen LogP contribution in [0.2, 0.25) is 0 Å². The minimum atomic E-state index is 0.0936. The van der Waals surface area contributed by atoms with Gasteiger partial charge in [0.05, 0.1) is 0 Å². The molecule has 0 spiro atoms. The number of benzene rings is 2. The summed E-state index contributed by atoms with van der Waals surface area (Å²) in [6.07, 6.45) is 0. The Hall–Kier alpha value is -1.26. The normalized spacial score (nSPS) is 10.7. The summed E-state index contributed by atoms with van der Waals surface area (Å²) in [5.41, 5.74) is 1.43. The Bertz CT molecular complexity index is 593. The van der Waals surface area contributed by atoms with Gasteiger partial charge in [-0.15, -0.1) is 0 Å². The van der Waals surface area contributed by atoms with E-state index in [2.05, 4.69) is 0 Å². The molecule has 0 unspecified atom stereocenters. The molecule has 104 valence electrons. The highest BCUT2D eigenvalue weighted by Gasteiger charge is 2.09. The van der Waals surface area contributed by atoms with Gasteiger partial charge in [-0.3, -0.25) is 9.59 Å². The Balaban J connectivity index is 2.34. The molecule has 2 aromatic rings. The van der Waals surface area contributed by atoms with Gasteiger partial charge in [-0.2, -0.15) is 0 Å². The van der Waals surface area contributed by atoms with Crippen LogP contribution in [-0.4, -0.2) is 21.7 Å². The highest BCUT2D eigenvalue weighted by Crippen LogP contribution is 2.22. The first kappa shape index (κ1) is 15.1. The van der Waals surface area contributed by atoms with Crippen LogP contribution >= 0.6 is 23.5 Å². The van der Waals surface area contributed by atoms with Crippen LogP contribution in [0.25, 0.3) is 10.8 Å². The van der Waals surface area contributed by atoms with Crippen LogP contribution < -0.4 is 0 Å². The first-order chi connectivity index (χ1) is 9.65.